The fourth-order valence-electron chi connectivity index (χ4n) is 1.04. The third kappa shape index (κ3) is 2.46. The van der Waals surface area contributed by atoms with Crippen molar-refractivity contribution in [3.8, 4) is 0 Å². The number of nitrogens with zero attached hydrogens (tertiary/aromatic N) is 1. The van der Waals surface area contributed by atoms with Crippen LogP contribution in [0, 0.1) is 0 Å². The lowest BCUT2D eigenvalue weighted by Gasteiger charge is -2.09. The Morgan fingerprint density at radius 2 is 2.31 bits per heavy atom. The second kappa shape index (κ2) is 5.20. The monoisotopic (exact) mass is 294 g/mol. The number of nitrogens with two attached hydrogens (primary N) is 1. The second-order valence-electron chi connectivity index (χ2n) is 2.81. The van der Waals surface area contributed by atoms with Crippen molar-refractivity contribution in [2.24, 2.45) is 0 Å². The van der Waals surface area contributed by atoms with E-state index in [4.69, 9.17) is 10.5 Å². The quantitative estimate of drug-likeness (QED) is 0.870. The maximum atomic E-state index is 12.4. The molecule has 0 aliphatic carbocycles. The van der Waals surface area contributed by atoms with Crippen LogP contribution in [0.3, 0.4) is 0 Å². The van der Waals surface area contributed by atoms with Gasteiger partial charge in [0.25, 0.3) is 6.43 Å². The molecule has 0 amide bonds. The molecule has 88 valence electrons. The molecule has 0 fully saturated rings. The highest BCUT2D eigenvalue weighted by molar-refractivity contribution is 9.10. The Morgan fingerprint density at radius 3 is 2.81 bits per heavy atom. The number of carbonyl (C=O) groups excluding carboxylic acids is 1. The number of nitrogen functional groups attached to an aromatic ring is 1. The number of esters is 1. The molecule has 16 heavy (non-hydrogen) atoms. The topological polar surface area (TPSA) is 65.2 Å². The Bertz CT molecular complexity index is 413. The molecule has 0 saturated heterocycles. The lowest BCUT2D eigenvalue weighted by atomic mass is 10.2. The van der Waals surface area contributed by atoms with Gasteiger partial charge >= 0.3 is 5.97 Å². The zero-order valence-corrected chi connectivity index (χ0v) is 9.92. The number of aromatic nitrogens is 1. The van der Waals surface area contributed by atoms with Gasteiger partial charge in [-0.15, -0.1) is 0 Å². The van der Waals surface area contributed by atoms with E-state index in [2.05, 4.69) is 20.9 Å². The van der Waals surface area contributed by atoms with E-state index < -0.39 is 18.1 Å². The molecule has 1 aromatic heterocycles. The van der Waals surface area contributed by atoms with E-state index >= 15 is 0 Å². The summed E-state index contributed by atoms with van der Waals surface area (Å²) >= 11 is 2.97. The Kier molecular flexibility index (Phi) is 4.17. The van der Waals surface area contributed by atoms with E-state index in [-0.39, 0.29) is 22.3 Å². The SMILES string of the molecule is CCOC(=O)c1cnc(C(F)F)c(N)c1Br. The Hall–Kier alpha value is -1.24. The summed E-state index contributed by atoms with van der Waals surface area (Å²) in [6.07, 6.45) is -1.77. The van der Waals surface area contributed by atoms with Gasteiger partial charge in [0.1, 0.15) is 5.69 Å². The van der Waals surface area contributed by atoms with Crippen molar-refractivity contribution in [3.63, 3.8) is 0 Å². The van der Waals surface area contributed by atoms with Gasteiger partial charge in [-0.3, -0.25) is 4.98 Å². The van der Waals surface area contributed by atoms with E-state index in [0.29, 0.717) is 0 Å². The van der Waals surface area contributed by atoms with Gasteiger partial charge in [0.2, 0.25) is 0 Å². The number of pyridine rings is 1. The minimum atomic E-state index is -2.78. The van der Waals surface area contributed by atoms with Crippen molar-refractivity contribution in [1.82, 2.24) is 4.98 Å². The van der Waals surface area contributed by atoms with Crippen molar-refractivity contribution in [3.05, 3.63) is 21.9 Å². The van der Waals surface area contributed by atoms with Crippen LogP contribution >= 0.6 is 15.9 Å². The molecular weight excluding hydrogens is 286 g/mol. The molecule has 0 aliphatic heterocycles. The highest BCUT2D eigenvalue weighted by Gasteiger charge is 2.21. The number of hydrogen-bond donors (Lipinski definition) is 1. The molecule has 2 N–H and O–H groups in total. The van der Waals surface area contributed by atoms with E-state index in [1.54, 1.807) is 6.92 Å². The van der Waals surface area contributed by atoms with Gasteiger partial charge < -0.3 is 10.5 Å². The predicted octanol–water partition coefficient (Wildman–Crippen LogP) is 2.54. The van der Waals surface area contributed by atoms with Crippen LogP contribution in [0.1, 0.15) is 29.4 Å². The summed E-state index contributed by atoms with van der Waals surface area (Å²) in [6.45, 7) is 1.82. The smallest absolute Gasteiger partial charge is 0.340 e. The van der Waals surface area contributed by atoms with Crippen LogP contribution in [-0.4, -0.2) is 17.6 Å². The van der Waals surface area contributed by atoms with Crippen LogP contribution in [0.5, 0.6) is 0 Å². The van der Waals surface area contributed by atoms with Crippen molar-refractivity contribution in [2.75, 3.05) is 12.3 Å². The molecule has 1 rings (SSSR count). The fraction of sp³-hybridized carbons (Fsp3) is 0.333. The Morgan fingerprint density at radius 1 is 1.69 bits per heavy atom. The minimum Gasteiger partial charge on any atom is -0.462 e. The van der Waals surface area contributed by atoms with Crippen LogP contribution in [-0.2, 0) is 4.74 Å². The number of hydrogen-bond acceptors (Lipinski definition) is 4. The summed E-state index contributed by atoms with van der Waals surface area (Å²) in [4.78, 5) is 14.8. The molecule has 0 aliphatic rings. The molecule has 0 aromatic carbocycles. The van der Waals surface area contributed by atoms with Gasteiger partial charge in [-0.2, -0.15) is 0 Å². The van der Waals surface area contributed by atoms with Gasteiger partial charge in [-0.25, -0.2) is 13.6 Å². The highest BCUT2D eigenvalue weighted by atomic mass is 79.9. The van der Waals surface area contributed by atoms with Crippen LogP contribution in [0.15, 0.2) is 10.7 Å². The molecule has 0 spiro atoms. The van der Waals surface area contributed by atoms with Crippen LogP contribution in [0.2, 0.25) is 0 Å². The third-order valence-corrected chi connectivity index (χ3v) is 2.64. The van der Waals surface area contributed by atoms with Crippen LogP contribution < -0.4 is 5.73 Å². The van der Waals surface area contributed by atoms with Crippen LogP contribution in [0.4, 0.5) is 14.5 Å². The molecule has 4 nitrogen and oxygen atoms in total. The molecule has 0 unspecified atom stereocenters. The second-order valence-corrected chi connectivity index (χ2v) is 3.60. The third-order valence-electron chi connectivity index (χ3n) is 1.78. The summed E-state index contributed by atoms with van der Waals surface area (Å²) < 4.78 is 29.6. The first-order chi connectivity index (χ1) is 7.49. The Balaban J connectivity index is 3.16. The van der Waals surface area contributed by atoms with Crippen LogP contribution in [0.25, 0.3) is 0 Å². The van der Waals surface area contributed by atoms with Gasteiger partial charge in [0.05, 0.1) is 22.3 Å². The van der Waals surface area contributed by atoms with Crippen molar-refractivity contribution >= 4 is 27.6 Å². The number of rotatable bonds is 3. The molecular formula is C9H9BrF2N2O2. The Labute approximate surface area is 98.9 Å². The molecule has 7 heteroatoms. The maximum Gasteiger partial charge on any atom is 0.340 e. The zero-order valence-electron chi connectivity index (χ0n) is 8.34. The first-order valence-corrected chi connectivity index (χ1v) is 5.17. The molecule has 0 atom stereocenters. The summed E-state index contributed by atoms with van der Waals surface area (Å²) in [5, 5.41) is 0. The van der Waals surface area contributed by atoms with Gasteiger partial charge in [-0.1, -0.05) is 0 Å². The molecule has 0 saturated carbocycles. The number of ether oxygens (including phenoxy) is 1. The predicted molar refractivity (Wildman–Crippen MR) is 57.3 cm³/mol. The van der Waals surface area contributed by atoms with E-state index in [1.165, 1.54) is 0 Å². The summed E-state index contributed by atoms with van der Waals surface area (Å²) in [7, 11) is 0. The average Bonchev–Trinajstić information content (AvgIpc) is 2.21. The van der Waals surface area contributed by atoms with Gasteiger partial charge in [0.15, 0.2) is 0 Å². The number of halogens is 3. The normalized spacial score (nSPS) is 10.6. The van der Waals surface area contributed by atoms with Crippen molar-refractivity contribution in [2.45, 2.75) is 13.3 Å². The van der Waals surface area contributed by atoms with Gasteiger partial charge in [0, 0.05) is 6.20 Å². The highest BCUT2D eigenvalue weighted by Crippen LogP contribution is 2.31. The largest absolute Gasteiger partial charge is 0.462 e. The molecule has 0 radical (unpaired) electrons. The number of anilines is 1. The van der Waals surface area contributed by atoms with E-state index in [9.17, 15) is 13.6 Å². The molecule has 1 aromatic rings. The molecule has 0 bridgehead atoms. The number of carbonyl (C=O) groups is 1. The number of alkyl halides is 2. The lowest BCUT2D eigenvalue weighted by Crippen LogP contribution is -2.10. The minimum absolute atomic E-state index is 0.0313. The summed E-state index contributed by atoms with van der Waals surface area (Å²) in [6, 6.07) is 0. The summed E-state index contributed by atoms with van der Waals surface area (Å²) in [5.41, 5.74) is 4.65. The lowest BCUT2D eigenvalue weighted by molar-refractivity contribution is 0.0524. The first-order valence-electron chi connectivity index (χ1n) is 4.38. The summed E-state index contributed by atoms with van der Waals surface area (Å²) in [5.74, 6) is -0.658. The van der Waals surface area contributed by atoms with Crippen molar-refractivity contribution in [1.29, 1.82) is 0 Å². The first kappa shape index (κ1) is 12.8. The average molecular weight is 295 g/mol. The van der Waals surface area contributed by atoms with Gasteiger partial charge in [-0.05, 0) is 22.9 Å². The fourth-order valence-corrected chi connectivity index (χ4v) is 1.51. The standard InChI is InChI=1S/C9H9BrF2N2O2/c1-2-16-9(15)4-3-14-7(8(11)12)6(13)5(4)10/h3,8H,2,13H2,1H3. The van der Waals surface area contributed by atoms with E-state index in [1.807, 2.05) is 0 Å². The zero-order chi connectivity index (χ0) is 12.3. The van der Waals surface area contributed by atoms with Crippen molar-refractivity contribution < 1.29 is 18.3 Å². The van der Waals surface area contributed by atoms with E-state index in [0.717, 1.165) is 6.20 Å². The molecule has 1 heterocycles. The maximum absolute atomic E-state index is 12.4.